The maximum atomic E-state index is 12.7. The molecule has 0 fully saturated rings. The lowest BCUT2D eigenvalue weighted by Crippen LogP contribution is -2.74. The highest BCUT2D eigenvalue weighted by Crippen LogP contribution is 2.23. The average Bonchev–Trinajstić information content (AvgIpc) is 2.83. The Hall–Kier alpha value is -4.60. The first-order valence-corrected chi connectivity index (χ1v) is 9.74. The van der Waals surface area contributed by atoms with Crippen LogP contribution in [-0.2, 0) is 13.1 Å². The second kappa shape index (κ2) is 11.0. The smallest absolute Gasteiger partial charge is 0.255 e. The molecule has 3 aromatic rings. The summed E-state index contributed by atoms with van der Waals surface area (Å²) in [5, 5.41) is 9.34. The van der Waals surface area contributed by atoms with Crippen molar-refractivity contribution < 1.29 is 20.0 Å². The Morgan fingerprint density at radius 1 is 0.625 bits per heavy atom. The molecule has 3 aromatic carbocycles. The van der Waals surface area contributed by atoms with E-state index in [4.69, 9.17) is 11.1 Å². The molecule has 3 rings (SSSR count). The Balaban J connectivity index is 1.67. The molecule has 0 heterocycles. The first-order chi connectivity index (χ1) is 15.6. The summed E-state index contributed by atoms with van der Waals surface area (Å²) in [5.41, 5.74) is 25.8. The van der Waals surface area contributed by atoms with E-state index < -0.39 is 0 Å². The number of nitrogens with zero attached hydrogens (tertiary/aromatic N) is 2. The molecule has 0 aromatic heterocycles. The van der Waals surface area contributed by atoms with Gasteiger partial charge in [0.15, 0.2) is 0 Å². The van der Waals surface area contributed by atoms with Crippen LogP contribution in [0, 0.1) is 0 Å². The monoisotopic (exact) mass is 430 g/mol. The van der Waals surface area contributed by atoms with Gasteiger partial charge in [-0.05, 0) is 47.5 Å². The Labute approximate surface area is 184 Å². The van der Waals surface area contributed by atoms with Crippen LogP contribution in [0.1, 0.15) is 31.8 Å². The molecule has 2 amide bonds. The number of rotatable bonds is 10. The minimum absolute atomic E-state index is 0.319. The molecule has 0 saturated carbocycles. The number of amides is 2. The number of hydrogen-bond donors (Lipinski definition) is 6. The van der Waals surface area contributed by atoms with Crippen LogP contribution < -0.4 is 31.9 Å². The highest BCUT2D eigenvalue weighted by atomic mass is 16.2. The molecule has 0 atom stereocenters. The van der Waals surface area contributed by atoms with E-state index in [9.17, 15) is 9.59 Å². The van der Waals surface area contributed by atoms with Gasteiger partial charge in [0.05, 0.1) is 11.4 Å². The fourth-order valence-electron chi connectivity index (χ4n) is 2.92. The van der Waals surface area contributed by atoms with Crippen LogP contribution in [0.4, 0.5) is 11.4 Å². The van der Waals surface area contributed by atoms with Gasteiger partial charge in [0.25, 0.3) is 11.8 Å². The second-order valence-electron chi connectivity index (χ2n) is 6.78. The quantitative estimate of drug-likeness (QED) is 0.203. The molecule has 0 aliphatic heterocycles. The normalized spacial score (nSPS) is 10.0. The van der Waals surface area contributed by atoms with Gasteiger partial charge in [0, 0.05) is 24.2 Å². The van der Waals surface area contributed by atoms with Crippen LogP contribution in [0.15, 0.2) is 72.8 Å². The molecule has 10 nitrogen and oxygen atoms in total. The van der Waals surface area contributed by atoms with Crippen LogP contribution in [0.3, 0.4) is 0 Å². The van der Waals surface area contributed by atoms with Crippen LogP contribution in [0.25, 0.3) is 11.1 Å². The van der Waals surface area contributed by atoms with Gasteiger partial charge in [-0.25, -0.2) is 0 Å². The number of carbonyl (C=O) groups excluding carboxylic acids is 2. The lowest BCUT2D eigenvalue weighted by Gasteiger charge is -2.13. The first kappa shape index (κ1) is 22.1. The number of para-hydroxylation sites is 2. The minimum atomic E-state index is -0.319. The van der Waals surface area contributed by atoms with Gasteiger partial charge in [-0.1, -0.05) is 36.4 Å². The summed E-state index contributed by atoms with van der Waals surface area (Å²) in [6.07, 6.45) is 0. The summed E-state index contributed by atoms with van der Waals surface area (Å²) in [4.78, 5) is 25.3. The van der Waals surface area contributed by atoms with Crippen molar-refractivity contribution in [1.82, 2.24) is 10.9 Å². The summed E-state index contributed by atoms with van der Waals surface area (Å²) in [7, 11) is 0. The Kier molecular flexibility index (Phi) is 7.58. The SMILES string of the molecule is [N-]=[NH+]NCc1ccc(C(=O)Nc2ccccc2NC(=O)c2ccc(CN[NH+]=[N-])cc2)cc1. The molecule has 0 unspecified atom stereocenters. The molecule has 32 heavy (non-hydrogen) atoms. The highest BCUT2D eigenvalue weighted by Gasteiger charge is 2.12. The molecule has 10 heteroatoms. The van der Waals surface area contributed by atoms with Crippen LogP contribution in [0.2, 0.25) is 0 Å². The van der Waals surface area contributed by atoms with E-state index in [1.807, 2.05) is 10.4 Å². The topological polar surface area (TPSA) is 155 Å². The van der Waals surface area contributed by atoms with Crippen molar-refractivity contribution in [1.29, 1.82) is 0 Å². The van der Waals surface area contributed by atoms with Gasteiger partial charge < -0.3 is 10.6 Å². The summed E-state index contributed by atoms with van der Waals surface area (Å²) >= 11 is 0. The largest absolute Gasteiger partial charge is 0.320 e. The van der Waals surface area contributed by atoms with Gasteiger partial charge in [0.1, 0.15) is 0 Å². The fraction of sp³-hybridized carbons (Fsp3) is 0.0909. The standard InChI is InChI=1S/C22H22N8O2/c23-29-25-13-15-5-9-17(10-6-15)21(31)27-19-3-1-2-4-20(19)28-22(32)18-11-7-16(8-12-18)14-26-30-24/h1-12,29-30H,13-14H2,(H4-2,23,24,25,26,27,28,31,32). The second-order valence-corrected chi connectivity index (χ2v) is 6.78. The van der Waals surface area contributed by atoms with Crippen molar-refractivity contribution in [2.75, 3.05) is 10.6 Å². The number of anilines is 2. The van der Waals surface area contributed by atoms with Gasteiger partial charge in [-0.2, -0.15) is 21.5 Å². The molecule has 0 radical (unpaired) electrons. The zero-order chi connectivity index (χ0) is 22.8. The number of carbonyl (C=O) groups is 2. The molecule has 0 aliphatic carbocycles. The Morgan fingerprint density at radius 2 is 1.00 bits per heavy atom. The van der Waals surface area contributed by atoms with E-state index in [0.29, 0.717) is 35.6 Å². The van der Waals surface area contributed by atoms with E-state index in [2.05, 4.69) is 21.5 Å². The predicted octanol–water partition coefficient (Wildman–Crippen LogP) is 0.405. The zero-order valence-corrected chi connectivity index (χ0v) is 17.1. The molecule has 0 spiro atoms. The molecule has 0 saturated heterocycles. The number of hydrogen-bond acceptors (Lipinski definition) is 2. The molecule has 6 N–H and O–H groups in total. The molecular formula is C22H22N8O2. The summed E-state index contributed by atoms with van der Waals surface area (Å²) in [5.74, 6) is -0.637. The molecule has 0 aliphatic rings. The van der Waals surface area contributed by atoms with E-state index in [1.54, 1.807) is 72.8 Å². The zero-order valence-electron chi connectivity index (χ0n) is 17.1. The van der Waals surface area contributed by atoms with Gasteiger partial charge in [-0.3, -0.25) is 20.4 Å². The lowest BCUT2D eigenvalue weighted by atomic mass is 10.1. The first-order valence-electron chi connectivity index (χ1n) is 9.74. The van der Waals surface area contributed by atoms with Crippen LogP contribution >= 0.6 is 0 Å². The van der Waals surface area contributed by atoms with E-state index in [0.717, 1.165) is 11.1 Å². The minimum Gasteiger partial charge on any atom is -0.320 e. The van der Waals surface area contributed by atoms with Crippen molar-refractivity contribution in [3.63, 3.8) is 0 Å². The van der Waals surface area contributed by atoms with Gasteiger partial charge >= 0.3 is 0 Å². The number of benzene rings is 3. The number of hydrazine groups is 2. The third-order valence-electron chi connectivity index (χ3n) is 4.60. The highest BCUT2D eigenvalue weighted by molar-refractivity contribution is 6.09. The Bertz CT molecular complexity index is 1010. The third kappa shape index (κ3) is 5.95. The Morgan fingerprint density at radius 3 is 1.34 bits per heavy atom. The molecule has 162 valence electrons. The van der Waals surface area contributed by atoms with Crippen molar-refractivity contribution in [3.05, 3.63) is 106 Å². The maximum Gasteiger partial charge on any atom is 0.255 e. The summed E-state index contributed by atoms with van der Waals surface area (Å²) < 4.78 is 0. The van der Waals surface area contributed by atoms with Crippen LogP contribution in [0.5, 0.6) is 0 Å². The van der Waals surface area contributed by atoms with Crippen molar-refractivity contribution >= 4 is 23.2 Å². The van der Waals surface area contributed by atoms with Crippen molar-refractivity contribution in [2.45, 2.75) is 13.1 Å². The van der Waals surface area contributed by atoms with Crippen LogP contribution in [-0.4, -0.2) is 11.8 Å². The van der Waals surface area contributed by atoms with Gasteiger partial charge in [-0.15, -0.1) is 0 Å². The number of nitrogens with one attached hydrogen (secondary N) is 6. The van der Waals surface area contributed by atoms with Gasteiger partial charge in [0.2, 0.25) is 0 Å². The van der Waals surface area contributed by atoms with E-state index in [1.165, 1.54) is 0 Å². The lowest BCUT2D eigenvalue weighted by molar-refractivity contribution is -0.551. The third-order valence-corrected chi connectivity index (χ3v) is 4.60. The molecular weight excluding hydrogens is 408 g/mol. The maximum absolute atomic E-state index is 12.7. The average molecular weight is 430 g/mol. The van der Waals surface area contributed by atoms with Crippen molar-refractivity contribution in [2.24, 2.45) is 0 Å². The van der Waals surface area contributed by atoms with E-state index >= 15 is 0 Å². The fourth-order valence-corrected chi connectivity index (χ4v) is 2.92. The summed E-state index contributed by atoms with van der Waals surface area (Å²) in [6, 6.07) is 20.7. The van der Waals surface area contributed by atoms with Crippen molar-refractivity contribution in [3.8, 4) is 0 Å². The van der Waals surface area contributed by atoms with E-state index in [-0.39, 0.29) is 11.8 Å². The summed E-state index contributed by atoms with van der Waals surface area (Å²) in [6.45, 7) is 0.784. The predicted molar refractivity (Wildman–Crippen MR) is 118 cm³/mol. The molecule has 0 bridgehead atoms.